The monoisotopic (exact) mass is 295 g/mol. The smallest absolute Gasteiger partial charge is 0.338 e. The van der Waals surface area contributed by atoms with Crippen molar-refractivity contribution in [3.63, 3.8) is 0 Å². The summed E-state index contributed by atoms with van der Waals surface area (Å²) in [7, 11) is 0. The van der Waals surface area contributed by atoms with Gasteiger partial charge < -0.3 is 10.2 Å². The minimum atomic E-state index is -0.944. The molecule has 20 heavy (non-hydrogen) atoms. The lowest BCUT2D eigenvalue weighted by molar-refractivity contribution is 0.0691. The fourth-order valence-corrected chi connectivity index (χ4v) is 4.11. The summed E-state index contributed by atoms with van der Waals surface area (Å²) in [5.41, 5.74) is 1.82. The van der Waals surface area contributed by atoms with Crippen LogP contribution in [0.25, 0.3) is 0 Å². The predicted molar refractivity (Wildman–Crippen MR) is 79.4 cm³/mol. The third-order valence-electron chi connectivity index (χ3n) is 3.71. The van der Waals surface area contributed by atoms with Gasteiger partial charge in [-0.3, -0.25) is 0 Å². The van der Waals surface area contributed by atoms with Crippen molar-refractivity contribution in [2.24, 2.45) is 0 Å². The number of aromatic nitrogens is 1. The first-order valence-corrected chi connectivity index (χ1v) is 7.93. The summed E-state index contributed by atoms with van der Waals surface area (Å²) in [4.78, 5) is 15.8. The number of nitrogens with zero attached hydrogens (tertiary/aromatic N) is 1. The van der Waals surface area contributed by atoms with Gasteiger partial charge in [0.2, 0.25) is 0 Å². The normalized spacial score (nSPS) is 23.4. The van der Waals surface area contributed by atoms with E-state index < -0.39 is 5.97 Å². The molecule has 2 unspecified atom stereocenters. The van der Waals surface area contributed by atoms with Crippen LogP contribution in [0.4, 0.5) is 0 Å². The standard InChI is InChI=1S/C15H21NO3S/c1-9-8-10(2)16-14(13(9)15(18)19)20-12-7-5-3-4-6-11(12)17/h8,11-12,17H,3-7H2,1-2H3,(H,18,19). The summed E-state index contributed by atoms with van der Waals surface area (Å²) < 4.78 is 0. The number of carboxylic acid groups (broad SMARTS) is 1. The second-order valence-electron chi connectivity index (χ2n) is 5.43. The zero-order valence-corrected chi connectivity index (χ0v) is 12.7. The summed E-state index contributed by atoms with van der Waals surface area (Å²) in [6.07, 6.45) is 4.61. The molecule has 1 heterocycles. The first-order valence-electron chi connectivity index (χ1n) is 7.05. The molecule has 0 bridgehead atoms. The van der Waals surface area contributed by atoms with Crippen molar-refractivity contribution in [3.8, 4) is 0 Å². The first-order chi connectivity index (χ1) is 9.49. The van der Waals surface area contributed by atoms with E-state index in [1.54, 1.807) is 13.0 Å². The maximum absolute atomic E-state index is 11.4. The number of aliphatic hydroxyl groups is 1. The average molecular weight is 295 g/mol. The summed E-state index contributed by atoms with van der Waals surface area (Å²) in [6.45, 7) is 3.66. The van der Waals surface area contributed by atoms with Crippen LogP contribution in [-0.2, 0) is 0 Å². The SMILES string of the molecule is Cc1cc(C)c(C(=O)O)c(SC2CCCCCC2O)n1. The molecular weight excluding hydrogens is 274 g/mol. The van der Waals surface area contributed by atoms with Crippen LogP contribution in [0.5, 0.6) is 0 Å². The van der Waals surface area contributed by atoms with Gasteiger partial charge in [0.25, 0.3) is 0 Å². The second-order valence-corrected chi connectivity index (χ2v) is 6.66. The van der Waals surface area contributed by atoms with Crippen LogP contribution in [0.3, 0.4) is 0 Å². The van der Waals surface area contributed by atoms with Gasteiger partial charge in [0.05, 0.1) is 11.7 Å². The van der Waals surface area contributed by atoms with Crippen LogP contribution in [0, 0.1) is 13.8 Å². The Bertz CT molecular complexity index is 504. The molecular formula is C15H21NO3S. The van der Waals surface area contributed by atoms with Crippen LogP contribution in [-0.4, -0.2) is 32.5 Å². The number of carbonyl (C=O) groups is 1. The van der Waals surface area contributed by atoms with E-state index in [1.807, 2.05) is 6.92 Å². The number of thioether (sulfide) groups is 1. The van der Waals surface area contributed by atoms with Crippen molar-refractivity contribution < 1.29 is 15.0 Å². The van der Waals surface area contributed by atoms with Crippen LogP contribution in [0.1, 0.15) is 53.7 Å². The molecule has 1 saturated carbocycles. The Morgan fingerprint density at radius 2 is 2.00 bits per heavy atom. The van der Waals surface area contributed by atoms with Crippen LogP contribution < -0.4 is 0 Å². The Kier molecular flexibility index (Phi) is 5.05. The largest absolute Gasteiger partial charge is 0.478 e. The zero-order chi connectivity index (χ0) is 14.7. The van der Waals surface area contributed by atoms with E-state index in [0.29, 0.717) is 5.03 Å². The second kappa shape index (κ2) is 6.59. The van der Waals surface area contributed by atoms with Gasteiger partial charge in [0.1, 0.15) is 5.03 Å². The lowest BCUT2D eigenvalue weighted by atomic mass is 10.1. The van der Waals surface area contributed by atoms with Gasteiger partial charge in [-0.2, -0.15) is 0 Å². The van der Waals surface area contributed by atoms with Crippen molar-refractivity contribution >= 4 is 17.7 Å². The Balaban J connectivity index is 2.29. The van der Waals surface area contributed by atoms with Gasteiger partial charge in [-0.15, -0.1) is 0 Å². The van der Waals surface area contributed by atoms with E-state index >= 15 is 0 Å². The maximum Gasteiger partial charge on any atom is 0.338 e. The molecule has 1 aliphatic rings. The van der Waals surface area contributed by atoms with E-state index in [9.17, 15) is 15.0 Å². The number of aryl methyl sites for hydroxylation is 2. The third-order valence-corrected chi connectivity index (χ3v) is 5.08. The van der Waals surface area contributed by atoms with Gasteiger partial charge in [0, 0.05) is 10.9 Å². The minimum Gasteiger partial charge on any atom is -0.478 e. The lowest BCUT2D eigenvalue weighted by Crippen LogP contribution is -2.22. The van der Waals surface area contributed by atoms with E-state index in [0.717, 1.165) is 43.4 Å². The van der Waals surface area contributed by atoms with Gasteiger partial charge >= 0.3 is 5.97 Å². The zero-order valence-electron chi connectivity index (χ0n) is 11.9. The van der Waals surface area contributed by atoms with Crippen molar-refractivity contribution in [1.82, 2.24) is 4.98 Å². The fourth-order valence-electron chi connectivity index (χ4n) is 2.68. The van der Waals surface area contributed by atoms with E-state index in [4.69, 9.17) is 0 Å². The Morgan fingerprint density at radius 3 is 2.70 bits per heavy atom. The molecule has 1 aliphatic carbocycles. The third kappa shape index (κ3) is 3.52. The van der Waals surface area contributed by atoms with Gasteiger partial charge in [-0.25, -0.2) is 9.78 Å². The maximum atomic E-state index is 11.4. The summed E-state index contributed by atoms with van der Waals surface area (Å²) in [5.74, 6) is -0.944. The predicted octanol–water partition coefficient (Wildman–Crippen LogP) is 3.18. The molecule has 0 saturated heterocycles. The van der Waals surface area contributed by atoms with Gasteiger partial charge in [-0.05, 0) is 38.3 Å². The molecule has 1 aromatic heterocycles. The molecule has 110 valence electrons. The molecule has 2 rings (SSSR count). The minimum absolute atomic E-state index is 0.0456. The molecule has 4 nitrogen and oxygen atoms in total. The number of hydrogen-bond acceptors (Lipinski definition) is 4. The summed E-state index contributed by atoms with van der Waals surface area (Å²) >= 11 is 1.43. The quantitative estimate of drug-likeness (QED) is 0.838. The fraction of sp³-hybridized carbons (Fsp3) is 0.600. The number of carboxylic acids is 1. The molecule has 0 spiro atoms. The highest BCUT2D eigenvalue weighted by Gasteiger charge is 2.26. The molecule has 0 amide bonds. The van der Waals surface area contributed by atoms with Gasteiger partial charge in [0.15, 0.2) is 0 Å². The van der Waals surface area contributed by atoms with E-state index in [1.165, 1.54) is 11.8 Å². The number of aromatic carboxylic acids is 1. The number of pyridine rings is 1. The van der Waals surface area contributed by atoms with E-state index in [2.05, 4.69) is 4.98 Å². The lowest BCUT2D eigenvalue weighted by Gasteiger charge is -2.20. The molecule has 2 atom stereocenters. The van der Waals surface area contributed by atoms with E-state index in [-0.39, 0.29) is 16.9 Å². The van der Waals surface area contributed by atoms with Crippen molar-refractivity contribution in [2.75, 3.05) is 0 Å². The van der Waals surface area contributed by atoms with Crippen LogP contribution >= 0.6 is 11.8 Å². The first kappa shape index (κ1) is 15.3. The Labute approximate surface area is 123 Å². The highest BCUT2D eigenvalue weighted by molar-refractivity contribution is 8.00. The van der Waals surface area contributed by atoms with Crippen LogP contribution in [0.15, 0.2) is 11.1 Å². The van der Waals surface area contributed by atoms with Crippen molar-refractivity contribution in [2.45, 2.75) is 62.3 Å². The number of rotatable bonds is 3. The number of hydrogen-bond donors (Lipinski definition) is 2. The van der Waals surface area contributed by atoms with Crippen molar-refractivity contribution in [3.05, 3.63) is 22.9 Å². The average Bonchev–Trinajstić information content (AvgIpc) is 2.53. The number of aliphatic hydroxyl groups excluding tert-OH is 1. The molecule has 1 aromatic rings. The highest BCUT2D eigenvalue weighted by Crippen LogP contribution is 2.35. The van der Waals surface area contributed by atoms with Gasteiger partial charge in [-0.1, -0.05) is 31.0 Å². The Hall–Kier alpha value is -1.07. The molecule has 2 N–H and O–H groups in total. The molecule has 0 radical (unpaired) electrons. The Morgan fingerprint density at radius 1 is 1.30 bits per heavy atom. The summed E-state index contributed by atoms with van der Waals surface area (Å²) in [5, 5.41) is 20.1. The topological polar surface area (TPSA) is 70.4 Å². The molecule has 1 fully saturated rings. The molecule has 0 aliphatic heterocycles. The summed E-state index contributed by atoms with van der Waals surface area (Å²) in [6, 6.07) is 1.79. The van der Waals surface area contributed by atoms with Crippen molar-refractivity contribution in [1.29, 1.82) is 0 Å². The molecule has 0 aromatic carbocycles. The van der Waals surface area contributed by atoms with Crippen LogP contribution in [0.2, 0.25) is 0 Å². The molecule has 5 heteroatoms. The highest BCUT2D eigenvalue weighted by atomic mass is 32.2.